The summed E-state index contributed by atoms with van der Waals surface area (Å²) >= 11 is 0. The zero-order valence-electron chi connectivity index (χ0n) is 14.1. The van der Waals surface area contributed by atoms with Crippen molar-refractivity contribution in [2.45, 2.75) is 25.8 Å². The predicted octanol–water partition coefficient (Wildman–Crippen LogP) is 4.27. The Labute approximate surface area is 149 Å². The second-order valence-electron chi connectivity index (χ2n) is 5.70. The first kappa shape index (κ1) is 17.5. The number of rotatable bonds is 7. The monoisotopic (exact) mass is 356 g/mol. The van der Waals surface area contributed by atoms with Gasteiger partial charge in [-0.2, -0.15) is 4.98 Å². The van der Waals surface area contributed by atoms with E-state index in [4.69, 9.17) is 4.52 Å². The van der Waals surface area contributed by atoms with E-state index in [1.807, 2.05) is 37.3 Å². The Bertz CT molecular complexity index is 898. The van der Waals surface area contributed by atoms with Crippen molar-refractivity contribution in [2.24, 2.45) is 0 Å². The van der Waals surface area contributed by atoms with Gasteiger partial charge in [-0.25, -0.2) is 4.39 Å². The molecule has 0 amide bonds. The van der Waals surface area contributed by atoms with E-state index < -0.39 is 16.8 Å². The quantitative estimate of drug-likeness (QED) is 0.502. The van der Waals surface area contributed by atoms with Gasteiger partial charge in [0.1, 0.15) is 17.5 Å². The van der Waals surface area contributed by atoms with Crippen LogP contribution in [0, 0.1) is 15.9 Å². The van der Waals surface area contributed by atoms with Gasteiger partial charge in [-0.3, -0.25) is 10.1 Å². The first-order valence-corrected chi connectivity index (χ1v) is 8.16. The lowest BCUT2D eigenvalue weighted by Gasteiger charge is -2.17. The number of nitrogens with zero attached hydrogens (tertiary/aromatic N) is 3. The number of anilines is 1. The Hall–Kier alpha value is -3.29. The van der Waals surface area contributed by atoms with Gasteiger partial charge in [0, 0.05) is 6.42 Å². The van der Waals surface area contributed by atoms with Gasteiger partial charge < -0.3 is 9.84 Å². The molecule has 134 valence electrons. The Kier molecular flexibility index (Phi) is 5.21. The van der Waals surface area contributed by atoms with E-state index in [1.165, 1.54) is 6.07 Å². The Morgan fingerprint density at radius 3 is 2.73 bits per heavy atom. The average molecular weight is 356 g/mol. The lowest BCUT2D eigenvalue weighted by atomic mass is 10.1. The molecule has 0 radical (unpaired) electrons. The van der Waals surface area contributed by atoms with E-state index in [0.29, 0.717) is 18.1 Å². The molecule has 3 rings (SSSR count). The van der Waals surface area contributed by atoms with Gasteiger partial charge in [0.15, 0.2) is 5.82 Å². The minimum atomic E-state index is -0.677. The van der Waals surface area contributed by atoms with Crippen LogP contribution in [0.2, 0.25) is 0 Å². The molecule has 26 heavy (non-hydrogen) atoms. The van der Waals surface area contributed by atoms with Crippen molar-refractivity contribution >= 4 is 11.4 Å². The summed E-state index contributed by atoms with van der Waals surface area (Å²) in [6.45, 7) is 2.00. The van der Waals surface area contributed by atoms with Crippen LogP contribution in [0.5, 0.6) is 0 Å². The summed E-state index contributed by atoms with van der Waals surface area (Å²) in [5, 5.41) is 18.3. The zero-order chi connectivity index (χ0) is 18.5. The first-order chi connectivity index (χ1) is 12.6. The van der Waals surface area contributed by atoms with Crippen LogP contribution in [-0.4, -0.2) is 15.1 Å². The largest absolute Gasteiger partial charge is 0.366 e. The maximum Gasteiger partial charge on any atom is 0.295 e. The molecular weight excluding hydrogens is 339 g/mol. The normalized spacial score (nSPS) is 11.9. The number of nitro benzene ring substituents is 1. The fourth-order valence-electron chi connectivity index (χ4n) is 2.58. The van der Waals surface area contributed by atoms with Crippen LogP contribution in [0.25, 0.3) is 0 Å². The SMILES string of the molecule is CCCc1nc(C(Nc2ccc(F)cc2[N+](=O)[O-])c2ccccc2)no1. The molecule has 0 saturated heterocycles. The summed E-state index contributed by atoms with van der Waals surface area (Å²) in [6, 6.07) is 12.0. The van der Waals surface area contributed by atoms with Gasteiger partial charge in [0.25, 0.3) is 5.69 Å². The third kappa shape index (κ3) is 3.85. The Balaban J connectivity index is 2.01. The van der Waals surface area contributed by atoms with E-state index in [2.05, 4.69) is 15.5 Å². The smallest absolute Gasteiger partial charge is 0.295 e. The summed E-state index contributed by atoms with van der Waals surface area (Å²) < 4.78 is 18.7. The molecule has 2 aromatic carbocycles. The van der Waals surface area contributed by atoms with E-state index in [-0.39, 0.29) is 11.4 Å². The summed E-state index contributed by atoms with van der Waals surface area (Å²) in [6.07, 6.45) is 1.50. The van der Waals surface area contributed by atoms with Crippen LogP contribution in [0.15, 0.2) is 53.1 Å². The molecule has 0 fully saturated rings. The summed E-state index contributed by atoms with van der Waals surface area (Å²) in [5.74, 6) is 0.181. The second kappa shape index (κ2) is 7.73. The Morgan fingerprint density at radius 1 is 1.27 bits per heavy atom. The van der Waals surface area contributed by atoms with Crippen LogP contribution >= 0.6 is 0 Å². The summed E-state index contributed by atoms with van der Waals surface area (Å²) in [4.78, 5) is 15.0. The van der Waals surface area contributed by atoms with Crippen molar-refractivity contribution in [3.63, 3.8) is 0 Å². The molecule has 8 heteroatoms. The molecule has 1 heterocycles. The lowest BCUT2D eigenvalue weighted by Crippen LogP contribution is -2.15. The molecular formula is C18H17FN4O3. The van der Waals surface area contributed by atoms with Gasteiger partial charge in [0.05, 0.1) is 11.0 Å². The fourth-order valence-corrected chi connectivity index (χ4v) is 2.58. The molecule has 0 aliphatic carbocycles. The highest BCUT2D eigenvalue weighted by molar-refractivity contribution is 5.63. The molecule has 0 spiro atoms. The number of aromatic nitrogens is 2. The molecule has 7 nitrogen and oxygen atoms in total. The molecule has 1 N–H and O–H groups in total. The van der Waals surface area contributed by atoms with E-state index in [1.54, 1.807) is 0 Å². The highest BCUT2D eigenvalue weighted by Crippen LogP contribution is 2.31. The molecule has 0 aliphatic rings. The highest BCUT2D eigenvalue weighted by Gasteiger charge is 2.24. The minimum Gasteiger partial charge on any atom is -0.366 e. The van der Waals surface area contributed by atoms with Crippen molar-refractivity contribution < 1.29 is 13.8 Å². The second-order valence-corrected chi connectivity index (χ2v) is 5.70. The van der Waals surface area contributed by atoms with Crippen molar-refractivity contribution in [1.29, 1.82) is 0 Å². The zero-order valence-corrected chi connectivity index (χ0v) is 14.1. The van der Waals surface area contributed by atoms with Crippen molar-refractivity contribution in [2.75, 3.05) is 5.32 Å². The number of hydrogen-bond donors (Lipinski definition) is 1. The molecule has 1 unspecified atom stereocenters. The van der Waals surface area contributed by atoms with E-state index in [0.717, 1.165) is 24.1 Å². The Morgan fingerprint density at radius 2 is 2.04 bits per heavy atom. The standard InChI is InChI=1S/C18H17FN4O3/c1-2-6-16-21-18(22-26-16)17(12-7-4-3-5-8-12)20-14-10-9-13(19)11-15(14)23(24)25/h3-5,7-11,17,20H,2,6H2,1H3. The van der Waals surface area contributed by atoms with Crippen LogP contribution in [0.1, 0.15) is 36.7 Å². The minimum absolute atomic E-state index is 0.173. The van der Waals surface area contributed by atoms with Crippen molar-refractivity contribution in [3.8, 4) is 0 Å². The van der Waals surface area contributed by atoms with Crippen LogP contribution in [0.3, 0.4) is 0 Å². The molecule has 3 aromatic rings. The number of nitro groups is 1. The number of halogens is 1. The van der Waals surface area contributed by atoms with Gasteiger partial charge >= 0.3 is 0 Å². The van der Waals surface area contributed by atoms with Gasteiger partial charge in [-0.15, -0.1) is 0 Å². The van der Waals surface area contributed by atoms with Gasteiger partial charge in [-0.05, 0) is 24.1 Å². The molecule has 0 bridgehead atoms. The van der Waals surface area contributed by atoms with Crippen LogP contribution in [0.4, 0.5) is 15.8 Å². The topological polar surface area (TPSA) is 94.1 Å². The van der Waals surface area contributed by atoms with E-state index >= 15 is 0 Å². The maximum absolute atomic E-state index is 13.4. The number of nitrogens with one attached hydrogen (secondary N) is 1. The molecule has 1 aromatic heterocycles. The number of aryl methyl sites for hydroxylation is 1. The van der Waals surface area contributed by atoms with Gasteiger partial charge in [0.2, 0.25) is 5.89 Å². The molecule has 0 saturated carbocycles. The van der Waals surface area contributed by atoms with Crippen LogP contribution < -0.4 is 5.32 Å². The molecule has 0 aliphatic heterocycles. The fraction of sp³-hybridized carbons (Fsp3) is 0.222. The highest BCUT2D eigenvalue weighted by atomic mass is 19.1. The van der Waals surface area contributed by atoms with E-state index in [9.17, 15) is 14.5 Å². The summed E-state index contributed by atoms with van der Waals surface area (Å²) in [5.41, 5.74) is 0.616. The third-order valence-corrected chi connectivity index (χ3v) is 3.80. The summed E-state index contributed by atoms with van der Waals surface area (Å²) in [7, 11) is 0. The molecule has 1 atom stereocenters. The van der Waals surface area contributed by atoms with Crippen molar-refractivity contribution in [3.05, 3.63) is 81.7 Å². The van der Waals surface area contributed by atoms with Crippen molar-refractivity contribution in [1.82, 2.24) is 10.1 Å². The number of benzene rings is 2. The third-order valence-electron chi connectivity index (χ3n) is 3.80. The predicted molar refractivity (Wildman–Crippen MR) is 93.3 cm³/mol. The maximum atomic E-state index is 13.4. The lowest BCUT2D eigenvalue weighted by molar-refractivity contribution is -0.384. The van der Waals surface area contributed by atoms with Gasteiger partial charge in [-0.1, -0.05) is 42.4 Å². The van der Waals surface area contributed by atoms with Crippen LogP contribution in [-0.2, 0) is 6.42 Å². The average Bonchev–Trinajstić information content (AvgIpc) is 3.10. The number of hydrogen-bond acceptors (Lipinski definition) is 6. The first-order valence-electron chi connectivity index (χ1n) is 8.16.